The van der Waals surface area contributed by atoms with Crippen molar-refractivity contribution in [3.05, 3.63) is 34.4 Å². The fourth-order valence-corrected chi connectivity index (χ4v) is 4.19. The molecule has 2 fully saturated rings. The van der Waals surface area contributed by atoms with Gasteiger partial charge in [0.25, 0.3) is 0 Å². The standard InChI is InChI=1S/C15H15BrN2O/c16-11-7-2-1-4-10(11)13-14(18-19-15(13)17)12-8-5-3-6-9(8)12/h1-2,4,7-9,12H,3,5-6,17H2. The second-order valence-electron chi connectivity index (χ2n) is 5.57. The van der Waals surface area contributed by atoms with Gasteiger partial charge in [-0.1, -0.05) is 45.7 Å². The molecule has 2 aromatic rings. The molecule has 0 radical (unpaired) electrons. The van der Waals surface area contributed by atoms with Crippen LogP contribution in [0.4, 0.5) is 5.88 Å². The number of nitrogens with two attached hydrogens (primary N) is 1. The topological polar surface area (TPSA) is 52.0 Å². The molecule has 2 aliphatic rings. The van der Waals surface area contributed by atoms with Gasteiger partial charge in [-0.25, -0.2) is 0 Å². The Kier molecular flexibility index (Phi) is 2.49. The molecule has 19 heavy (non-hydrogen) atoms. The van der Waals surface area contributed by atoms with Gasteiger partial charge in [0.2, 0.25) is 5.88 Å². The van der Waals surface area contributed by atoms with Crippen molar-refractivity contribution < 1.29 is 4.52 Å². The van der Waals surface area contributed by atoms with Gasteiger partial charge in [-0.15, -0.1) is 0 Å². The Bertz CT molecular complexity index is 627. The Morgan fingerprint density at radius 1 is 1.21 bits per heavy atom. The van der Waals surface area contributed by atoms with E-state index in [-0.39, 0.29) is 0 Å². The van der Waals surface area contributed by atoms with Crippen LogP contribution >= 0.6 is 15.9 Å². The highest BCUT2D eigenvalue weighted by molar-refractivity contribution is 9.10. The smallest absolute Gasteiger partial charge is 0.230 e. The minimum Gasteiger partial charge on any atom is -0.367 e. The van der Waals surface area contributed by atoms with Gasteiger partial charge in [0.1, 0.15) is 0 Å². The molecule has 0 aliphatic heterocycles. The number of aromatic nitrogens is 1. The number of nitrogens with zero attached hydrogens (tertiary/aromatic N) is 1. The van der Waals surface area contributed by atoms with Gasteiger partial charge in [-0.2, -0.15) is 0 Å². The van der Waals surface area contributed by atoms with E-state index in [2.05, 4.69) is 27.2 Å². The van der Waals surface area contributed by atoms with E-state index >= 15 is 0 Å². The lowest BCUT2D eigenvalue weighted by Crippen LogP contribution is -1.93. The van der Waals surface area contributed by atoms with Crippen LogP contribution in [0.15, 0.2) is 33.3 Å². The highest BCUT2D eigenvalue weighted by Gasteiger charge is 2.55. The zero-order valence-electron chi connectivity index (χ0n) is 10.5. The first kappa shape index (κ1) is 11.5. The highest BCUT2D eigenvalue weighted by Crippen LogP contribution is 2.64. The molecule has 0 spiro atoms. The summed E-state index contributed by atoms with van der Waals surface area (Å²) in [5.74, 6) is 2.63. The molecule has 98 valence electrons. The van der Waals surface area contributed by atoms with Gasteiger partial charge in [0.15, 0.2) is 0 Å². The second kappa shape index (κ2) is 4.10. The van der Waals surface area contributed by atoms with Crippen molar-refractivity contribution in [1.29, 1.82) is 0 Å². The molecular weight excluding hydrogens is 304 g/mol. The first-order chi connectivity index (χ1) is 9.27. The number of fused-ring (bicyclic) bond motifs is 1. The maximum atomic E-state index is 6.01. The van der Waals surface area contributed by atoms with Crippen molar-refractivity contribution >= 4 is 21.8 Å². The van der Waals surface area contributed by atoms with Crippen molar-refractivity contribution in [2.45, 2.75) is 25.2 Å². The summed E-state index contributed by atoms with van der Waals surface area (Å²) in [6.45, 7) is 0. The number of benzene rings is 1. The number of rotatable bonds is 2. The summed E-state index contributed by atoms with van der Waals surface area (Å²) in [5.41, 5.74) is 9.15. The first-order valence-electron chi connectivity index (χ1n) is 6.77. The Morgan fingerprint density at radius 3 is 2.68 bits per heavy atom. The van der Waals surface area contributed by atoms with Gasteiger partial charge in [-0.05, 0) is 30.7 Å². The van der Waals surface area contributed by atoms with Gasteiger partial charge in [-0.3, -0.25) is 0 Å². The highest BCUT2D eigenvalue weighted by atomic mass is 79.9. The predicted octanol–water partition coefficient (Wildman–Crippen LogP) is 4.20. The normalized spacial score (nSPS) is 28.4. The van der Waals surface area contributed by atoms with E-state index < -0.39 is 0 Å². The second-order valence-corrected chi connectivity index (χ2v) is 6.43. The third-order valence-corrected chi connectivity index (χ3v) is 5.30. The van der Waals surface area contributed by atoms with E-state index in [0.717, 1.165) is 33.1 Å². The number of hydrogen-bond donors (Lipinski definition) is 1. The van der Waals surface area contributed by atoms with Crippen LogP contribution < -0.4 is 5.73 Å². The van der Waals surface area contributed by atoms with E-state index in [1.165, 1.54) is 19.3 Å². The molecule has 1 heterocycles. The molecule has 2 aliphatic carbocycles. The fraction of sp³-hybridized carbons (Fsp3) is 0.400. The van der Waals surface area contributed by atoms with E-state index in [0.29, 0.717) is 11.8 Å². The van der Waals surface area contributed by atoms with E-state index in [9.17, 15) is 0 Å². The molecule has 1 aromatic heterocycles. The Labute approximate surface area is 120 Å². The van der Waals surface area contributed by atoms with Crippen molar-refractivity contribution in [3.8, 4) is 11.1 Å². The quantitative estimate of drug-likeness (QED) is 0.902. The molecule has 3 nitrogen and oxygen atoms in total. The Morgan fingerprint density at radius 2 is 1.95 bits per heavy atom. The maximum Gasteiger partial charge on any atom is 0.230 e. The SMILES string of the molecule is Nc1onc(C2C3CCCC32)c1-c1ccccc1Br. The van der Waals surface area contributed by atoms with Crippen molar-refractivity contribution in [1.82, 2.24) is 5.16 Å². The van der Waals surface area contributed by atoms with Crippen LogP contribution in [0.25, 0.3) is 11.1 Å². The monoisotopic (exact) mass is 318 g/mol. The summed E-state index contributed by atoms with van der Waals surface area (Å²) in [4.78, 5) is 0. The summed E-state index contributed by atoms with van der Waals surface area (Å²) >= 11 is 3.59. The number of halogens is 1. The predicted molar refractivity (Wildman–Crippen MR) is 77.6 cm³/mol. The molecule has 0 bridgehead atoms. The molecule has 2 unspecified atom stereocenters. The molecule has 0 saturated heterocycles. The first-order valence-corrected chi connectivity index (χ1v) is 7.56. The summed E-state index contributed by atoms with van der Waals surface area (Å²) < 4.78 is 6.32. The van der Waals surface area contributed by atoms with Crippen LogP contribution in [0.2, 0.25) is 0 Å². The molecular formula is C15H15BrN2O. The molecule has 0 amide bonds. The van der Waals surface area contributed by atoms with Crippen molar-refractivity contribution in [2.75, 3.05) is 5.73 Å². The zero-order valence-corrected chi connectivity index (χ0v) is 12.1. The van der Waals surface area contributed by atoms with Gasteiger partial charge >= 0.3 is 0 Å². The van der Waals surface area contributed by atoms with E-state index in [4.69, 9.17) is 10.3 Å². The minimum atomic E-state index is 0.437. The molecule has 2 atom stereocenters. The number of nitrogen functional groups attached to an aromatic ring is 1. The molecule has 4 heteroatoms. The van der Waals surface area contributed by atoms with Crippen molar-refractivity contribution in [3.63, 3.8) is 0 Å². The molecule has 2 N–H and O–H groups in total. The molecule has 1 aromatic carbocycles. The minimum absolute atomic E-state index is 0.437. The average molecular weight is 319 g/mol. The average Bonchev–Trinajstić information content (AvgIpc) is 2.78. The number of hydrogen-bond acceptors (Lipinski definition) is 3. The Hall–Kier alpha value is -1.29. The lowest BCUT2D eigenvalue weighted by molar-refractivity contribution is 0.424. The molecule has 4 rings (SSSR count). The fourth-order valence-electron chi connectivity index (χ4n) is 3.71. The van der Waals surface area contributed by atoms with Crippen LogP contribution in [0, 0.1) is 11.8 Å². The summed E-state index contributed by atoms with van der Waals surface area (Å²) in [7, 11) is 0. The lowest BCUT2D eigenvalue weighted by Gasteiger charge is -2.06. The summed E-state index contributed by atoms with van der Waals surface area (Å²) in [6.07, 6.45) is 4.03. The Balaban J connectivity index is 1.80. The largest absolute Gasteiger partial charge is 0.367 e. The van der Waals surface area contributed by atoms with Crippen LogP contribution in [-0.2, 0) is 0 Å². The molecule has 2 saturated carbocycles. The van der Waals surface area contributed by atoms with Crippen LogP contribution in [0.1, 0.15) is 30.9 Å². The summed E-state index contributed by atoms with van der Waals surface area (Å²) in [5, 5.41) is 4.26. The van der Waals surface area contributed by atoms with Crippen LogP contribution in [0.3, 0.4) is 0 Å². The maximum absolute atomic E-state index is 6.01. The third-order valence-electron chi connectivity index (χ3n) is 4.61. The van der Waals surface area contributed by atoms with Gasteiger partial charge in [0.05, 0.1) is 11.3 Å². The third kappa shape index (κ3) is 1.66. The van der Waals surface area contributed by atoms with Gasteiger partial charge < -0.3 is 10.3 Å². The summed E-state index contributed by atoms with van der Waals surface area (Å²) in [6, 6.07) is 8.11. The van der Waals surface area contributed by atoms with Crippen molar-refractivity contribution in [2.24, 2.45) is 11.8 Å². The van der Waals surface area contributed by atoms with Gasteiger partial charge in [0, 0.05) is 16.0 Å². The van der Waals surface area contributed by atoms with Crippen LogP contribution in [-0.4, -0.2) is 5.16 Å². The zero-order chi connectivity index (χ0) is 13.0. The number of anilines is 1. The lowest BCUT2D eigenvalue weighted by atomic mass is 10.00. The van der Waals surface area contributed by atoms with E-state index in [1.807, 2.05) is 18.2 Å². The van der Waals surface area contributed by atoms with E-state index in [1.54, 1.807) is 0 Å². The van der Waals surface area contributed by atoms with Crippen LogP contribution in [0.5, 0.6) is 0 Å².